The molecule has 16 nitrogen and oxygen atoms in total. The van der Waals surface area contributed by atoms with Crippen LogP contribution in [-0.4, -0.2) is 136 Å². The van der Waals surface area contributed by atoms with Crippen molar-refractivity contribution >= 4 is 47.6 Å². The average Bonchev–Trinajstić information content (AvgIpc) is 4.09. The van der Waals surface area contributed by atoms with Crippen molar-refractivity contribution in [1.82, 2.24) is 35.6 Å². The Hall–Kier alpha value is -5.90. The Labute approximate surface area is 337 Å². The molecule has 2 aromatic carbocycles. The van der Waals surface area contributed by atoms with Crippen LogP contribution in [0.2, 0.25) is 0 Å². The lowest BCUT2D eigenvalue weighted by Gasteiger charge is -2.31. The highest BCUT2D eigenvalue weighted by atomic mass is 16.2. The standard InChI is InChI=1S/C42H52N8O8/c43-25-36(52)48-20-8-17-34(48)39(55)46-32(24-29-13-5-2-6-14-29)42(58)50-22-10-16-33(50)38(54)44-26-37(53)49-21-9-18-35(49)40(56)45-31(23-28-11-3-1-4-12-28)41(57)47-19-7-15-30(47)27-51/h1-6,10-14,22,27,30-35H,7-9,15-21,23-26,43H2,(H,44,54)(H,45,56)(H,46,55)/t30-,31-,32-,33-,34-,35-/m0/s1. The first-order valence-electron chi connectivity index (χ1n) is 20.1. The Bertz CT molecular complexity index is 1880. The molecule has 0 unspecified atom stereocenters. The fraction of sp³-hybridized carbons (Fsp3) is 0.476. The van der Waals surface area contributed by atoms with Gasteiger partial charge in [-0.3, -0.25) is 33.6 Å². The molecule has 4 heterocycles. The van der Waals surface area contributed by atoms with Crippen molar-refractivity contribution in [2.45, 2.75) is 94.0 Å². The normalized spacial score (nSPS) is 22.4. The van der Waals surface area contributed by atoms with Crippen LogP contribution in [0.4, 0.5) is 0 Å². The van der Waals surface area contributed by atoms with Crippen LogP contribution in [0.3, 0.4) is 0 Å². The maximum absolute atomic E-state index is 14.1. The second-order valence-electron chi connectivity index (χ2n) is 15.2. The van der Waals surface area contributed by atoms with Crippen LogP contribution < -0.4 is 21.7 Å². The maximum atomic E-state index is 14.1. The topological polar surface area (TPSA) is 212 Å². The van der Waals surface area contributed by atoms with Crippen LogP contribution >= 0.6 is 0 Å². The SMILES string of the molecule is NCC(=O)N1CCC[C@H]1C(=O)N[C@@H](Cc1ccccc1)C(=O)N1C=CC[C@H]1C(=O)NCC(=O)N1CCC[C@H]1C(=O)N[C@@H](Cc1ccccc1)C(=O)N1CCC[C@H]1C=O. The predicted octanol–water partition coefficient (Wildman–Crippen LogP) is -0.197. The lowest BCUT2D eigenvalue weighted by atomic mass is 10.0. The third kappa shape index (κ3) is 9.79. The average molecular weight is 797 g/mol. The number of hydrogen-bond acceptors (Lipinski definition) is 9. The molecule has 6 atom stereocenters. The number of hydrogen-bond donors (Lipinski definition) is 4. The van der Waals surface area contributed by atoms with Crippen LogP contribution in [-0.2, 0) is 51.2 Å². The van der Waals surface area contributed by atoms with Crippen LogP contribution in [0.15, 0.2) is 72.9 Å². The van der Waals surface area contributed by atoms with E-state index in [0.29, 0.717) is 51.6 Å². The van der Waals surface area contributed by atoms with E-state index in [1.54, 1.807) is 6.08 Å². The smallest absolute Gasteiger partial charge is 0.250 e. The molecule has 4 aliphatic rings. The minimum Gasteiger partial charge on any atom is -0.345 e. The summed E-state index contributed by atoms with van der Waals surface area (Å²) in [6.45, 7) is 0.405. The summed E-state index contributed by atoms with van der Waals surface area (Å²) in [7, 11) is 0. The van der Waals surface area contributed by atoms with Crippen molar-refractivity contribution in [1.29, 1.82) is 0 Å². The summed E-state index contributed by atoms with van der Waals surface area (Å²) in [5, 5.41) is 8.37. The number of nitrogens with one attached hydrogen (secondary N) is 3. The second kappa shape index (κ2) is 19.5. The highest BCUT2D eigenvalue weighted by Crippen LogP contribution is 2.23. The maximum Gasteiger partial charge on any atom is 0.250 e. The number of carbonyl (C=O) groups excluding carboxylic acids is 8. The van der Waals surface area contributed by atoms with E-state index < -0.39 is 72.3 Å². The summed E-state index contributed by atoms with van der Waals surface area (Å²) in [4.78, 5) is 112. The van der Waals surface area contributed by atoms with E-state index >= 15 is 0 Å². The van der Waals surface area contributed by atoms with E-state index in [4.69, 9.17) is 5.73 Å². The van der Waals surface area contributed by atoms with Crippen molar-refractivity contribution in [2.75, 3.05) is 32.7 Å². The summed E-state index contributed by atoms with van der Waals surface area (Å²) in [5.74, 6) is -3.30. The van der Waals surface area contributed by atoms with Gasteiger partial charge in [0.05, 0.1) is 19.1 Å². The van der Waals surface area contributed by atoms with Crippen LogP contribution in [0.1, 0.15) is 56.1 Å². The molecule has 0 bridgehead atoms. The number of likely N-dealkylation sites (tertiary alicyclic amines) is 3. The number of nitrogens with two attached hydrogens (primary N) is 1. The number of carbonyl (C=O) groups is 8. The fourth-order valence-electron chi connectivity index (χ4n) is 8.38. The molecule has 0 aromatic heterocycles. The minimum absolute atomic E-state index is 0.131. The molecule has 0 spiro atoms. The van der Waals surface area contributed by atoms with Crippen LogP contribution in [0.25, 0.3) is 0 Å². The van der Waals surface area contributed by atoms with Crippen LogP contribution in [0.5, 0.6) is 0 Å². The second-order valence-corrected chi connectivity index (χ2v) is 15.2. The van der Waals surface area contributed by atoms with Gasteiger partial charge in [0.25, 0.3) is 0 Å². The zero-order chi connectivity index (χ0) is 41.2. The molecule has 3 saturated heterocycles. The molecular formula is C42H52N8O8. The lowest BCUT2D eigenvalue weighted by Crippen LogP contribution is -2.57. The summed E-state index contributed by atoms with van der Waals surface area (Å²) >= 11 is 0. The van der Waals surface area contributed by atoms with Crippen molar-refractivity contribution in [3.05, 3.63) is 84.1 Å². The molecule has 58 heavy (non-hydrogen) atoms. The minimum atomic E-state index is -1.07. The van der Waals surface area contributed by atoms with Crippen molar-refractivity contribution in [3.63, 3.8) is 0 Å². The number of benzene rings is 2. The lowest BCUT2D eigenvalue weighted by molar-refractivity contribution is -0.143. The Morgan fingerprint density at radius 3 is 1.72 bits per heavy atom. The molecule has 16 heteroatoms. The Balaban J connectivity index is 1.08. The van der Waals surface area contributed by atoms with Gasteiger partial charge in [-0.2, -0.15) is 0 Å². The summed E-state index contributed by atoms with van der Waals surface area (Å²) in [5.41, 5.74) is 7.18. The Kier molecular flexibility index (Phi) is 14.0. The zero-order valence-corrected chi connectivity index (χ0v) is 32.5. The first-order valence-corrected chi connectivity index (χ1v) is 20.1. The van der Waals surface area contributed by atoms with Crippen molar-refractivity contribution in [2.24, 2.45) is 5.73 Å². The largest absolute Gasteiger partial charge is 0.345 e. The van der Waals surface area contributed by atoms with E-state index in [9.17, 15) is 38.4 Å². The Morgan fingerprint density at radius 2 is 1.17 bits per heavy atom. The van der Waals surface area contributed by atoms with Gasteiger partial charge >= 0.3 is 0 Å². The van der Waals surface area contributed by atoms with Gasteiger partial charge in [0.1, 0.15) is 36.5 Å². The van der Waals surface area contributed by atoms with E-state index in [-0.39, 0.29) is 44.2 Å². The third-order valence-corrected chi connectivity index (χ3v) is 11.4. The zero-order valence-electron chi connectivity index (χ0n) is 32.5. The molecule has 2 aromatic rings. The molecule has 5 N–H and O–H groups in total. The monoisotopic (exact) mass is 796 g/mol. The van der Waals surface area contributed by atoms with Gasteiger partial charge < -0.3 is 46.1 Å². The molecule has 4 aliphatic heterocycles. The van der Waals surface area contributed by atoms with Gasteiger partial charge in [0.2, 0.25) is 41.4 Å². The van der Waals surface area contributed by atoms with Gasteiger partial charge in [-0.15, -0.1) is 0 Å². The van der Waals surface area contributed by atoms with Crippen molar-refractivity contribution < 1.29 is 38.4 Å². The number of aldehydes is 1. The van der Waals surface area contributed by atoms with Gasteiger partial charge in [-0.25, -0.2) is 0 Å². The molecule has 7 amide bonds. The van der Waals surface area contributed by atoms with Gasteiger partial charge in [0, 0.05) is 38.7 Å². The summed E-state index contributed by atoms with van der Waals surface area (Å²) in [6, 6.07) is 13.1. The molecule has 308 valence electrons. The number of rotatable bonds is 15. The van der Waals surface area contributed by atoms with E-state index in [1.807, 2.05) is 60.7 Å². The summed E-state index contributed by atoms with van der Waals surface area (Å²) < 4.78 is 0. The van der Waals surface area contributed by atoms with Crippen LogP contribution in [0, 0.1) is 0 Å². The van der Waals surface area contributed by atoms with Gasteiger partial charge in [-0.05, 0) is 56.1 Å². The first-order chi connectivity index (χ1) is 28.1. The Morgan fingerprint density at radius 1 is 0.655 bits per heavy atom. The molecule has 0 aliphatic carbocycles. The highest BCUT2D eigenvalue weighted by molar-refractivity contribution is 5.97. The van der Waals surface area contributed by atoms with E-state index in [2.05, 4.69) is 16.0 Å². The van der Waals surface area contributed by atoms with Gasteiger partial charge in [-0.1, -0.05) is 66.7 Å². The number of nitrogens with zero attached hydrogens (tertiary/aromatic N) is 4. The summed E-state index contributed by atoms with van der Waals surface area (Å²) in [6.07, 6.45) is 7.62. The third-order valence-electron chi connectivity index (χ3n) is 11.4. The quantitative estimate of drug-likeness (QED) is 0.176. The number of amides is 7. The first kappa shape index (κ1) is 41.7. The van der Waals surface area contributed by atoms with E-state index in [1.165, 1.54) is 25.8 Å². The highest BCUT2D eigenvalue weighted by Gasteiger charge is 2.41. The van der Waals surface area contributed by atoms with Crippen molar-refractivity contribution in [3.8, 4) is 0 Å². The molecular weight excluding hydrogens is 745 g/mol. The molecule has 0 saturated carbocycles. The molecule has 6 rings (SSSR count). The van der Waals surface area contributed by atoms with Gasteiger partial charge in [0.15, 0.2) is 0 Å². The molecule has 3 fully saturated rings. The predicted molar refractivity (Wildman–Crippen MR) is 211 cm³/mol. The van der Waals surface area contributed by atoms with E-state index in [0.717, 1.165) is 17.4 Å². The molecule has 0 radical (unpaired) electrons. The fourth-order valence-corrected chi connectivity index (χ4v) is 8.38.